The van der Waals surface area contributed by atoms with Gasteiger partial charge in [0.2, 0.25) is 0 Å². The molecule has 2 aliphatic heterocycles. The van der Waals surface area contributed by atoms with Crippen molar-refractivity contribution < 1.29 is 26.3 Å². The van der Waals surface area contributed by atoms with Gasteiger partial charge in [-0.2, -0.15) is 0 Å². The number of rotatable bonds is 8. The zero-order valence-corrected chi connectivity index (χ0v) is 65.0. The summed E-state index contributed by atoms with van der Waals surface area (Å²) < 4.78 is 166. The van der Waals surface area contributed by atoms with Crippen molar-refractivity contribution in [1.29, 1.82) is 0 Å². The molecule has 0 aliphatic carbocycles. The van der Waals surface area contributed by atoms with E-state index in [1.165, 1.54) is 11.1 Å². The first-order valence-corrected chi connectivity index (χ1v) is 38.8. The lowest BCUT2D eigenvalue weighted by Crippen LogP contribution is -2.61. The minimum absolute atomic E-state index is 0.0595. The normalized spacial score (nSPS) is 15.2. The average molecular weight is 1470 g/mol. The highest BCUT2D eigenvalue weighted by molar-refractivity contribution is 7.00. The highest BCUT2D eigenvalue weighted by atomic mass is 16.3. The highest BCUT2D eigenvalue weighted by Gasteiger charge is 2.46. The largest absolute Gasteiger partial charge is 0.452 e. The van der Waals surface area contributed by atoms with Crippen LogP contribution < -0.4 is 26.2 Å². The van der Waals surface area contributed by atoms with Crippen LogP contribution in [0.3, 0.4) is 0 Å². The third kappa shape index (κ3) is 10.6. The van der Waals surface area contributed by atoms with E-state index in [2.05, 4.69) is 237 Å². The van der Waals surface area contributed by atoms with E-state index in [1.807, 2.05) is 78.9 Å². The summed E-state index contributed by atoms with van der Waals surface area (Å²) in [6, 6.07) is 67.5. The number of aromatic nitrogens is 3. The smallest absolute Gasteiger partial charge is 0.252 e. The Morgan fingerprint density at radius 3 is 1.13 bits per heavy atom. The molecule has 0 fully saturated rings. The molecule has 4 aromatic heterocycles. The minimum Gasteiger partial charge on any atom is -0.452 e. The summed E-state index contributed by atoms with van der Waals surface area (Å²) in [6.45, 7) is 25.7. The lowest BCUT2D eigenvalue weighted by molar-refractivity contribution is 0.590. The number of hydrogen-bond acceptors (Lipinski definition) is 3. The van der Waals surface area contributed by atoms with Gasteiger partial charge in [0, 0.05) is 88.3 Å². The Morgan fingerprint density at radius 2 is 0.681 bits per heavy atom. The quantitative estimate of drug-likeness (QED) is 0.142. The van der Waals surface area contributed by atoms with Crippen LogP contribution in [0.4, 0.5) is 34.1 Å². The Bertz CT molecular complexity index is 7900. The first-order valence-electron chi connectivity index (χ1n) is 46.8. The number of benzene rings is 15. The molecule has 0 spiro atoms. The fourth-order valence-electron chi connectivity index (χ4n) is 17.8. The van der Waals surface area contributed by atoms with E-state index in [9.17, 15) is 16.4 Å². The molecule has 0 radical (unpaired) electrons. The van der Waals surface area contributed by atoms with E-state index in [1.54, 1.807) is 9.13 Å². The van der Waals surface area contributed by atoms with Gasteiger partial charge < -0.3 is 27.9 Å². The highest BCUT2D eigenvalue weighted by Crippen LogP contribution is 2.55. The zero-order valence-electron chi connectivity index (χ0n) is 81.0. The van der Waals surface area contributed by atoms with Gasteiger partial charge in [0.15, 0.2) is 11.2 Å². The Balaban J connectivity index is 0.950. The molecule has 2 aliphatic rings. The molecule has 0 unspecified atom stereocenters. The van der Waals surface area contributed by atoms with Gasteiger partial charge in [-0.05, 0) is 192 Å². The minimum atomic E-state index is -0.808. The summed E-state index contributed by atoms with van der Waals surface area (Å²) in [5.74, 6) is 0. The molecule has 0 bridgehead atoms. The van der Waals surface area contributed by atoms with E-state index in [-0.39, 0.29) is 65.5 Å². The Hall–Kier alpha value is -12.8. The maximum atomic E-state index is 9.93. The topological polar surface area (TPSA) is 34.4 Å². The second-order valence-electron chi connectivity index (χ2n) is 34.5. The summed E-state index contributed by atoms with van der Waals surface area (Å²) >= 11 is 0. The predicted octanol–water partition coefficient (Wildman–Crippen LogP) is 27.2. The number of nitrogens with zero attached hydrogens (tertiary/aromatic N) is 5. The molecule has 0 atom stereocenters. The van der Waals surface area contributed by atoms with Crippen LogP contribution in [0.2, 0.25) is 0 Å². The van der Waals surface area contributed by atoms with E-state index < -0.39 is 109 Å². The van der Waals surface area contributed by atoms with E-state index >= 15 is 0 Å². The number of para-hydroxylation sites is 6. The Morgan fingerprint density at radius 1 is 0.274 bits per heavy atom. The van der Waals surface area contributed by atoms with Crippen molar-refractivity contribution in [3.05, 3.63) is 337 Å². The molecule has 6 nitrogen and oxygen atoms in total. The third-order valence-corrected chi connectivity index (χ3v) is 23.5. The number of fused-ring (bicyclic) bond motifs is 16. The Labute approximate surface area is 683 Å². The van der Waals surface area contributed by atoms with Crippen molar-refractivity contribution in [1.82, 2.24) is 13.7 Å². The molecule has 21 rings (SSSR count). The van der Waals surface area contributed by atoms with E-state index in [0.717, 1.165) is 93.9 Å². The van der Waals surface area contributed by atoms with Crippen LogP contribution >= 0.6 is 0 Å². The fraction of sp³-hybridized carbons (Fsp3) is 0.151. The second-order valence-corrected chi connectivity index (χ2v) is 34.5. The van der Waals surface area contributed by atoms with Gasteiger partial charge in [0.05, 0.1) is 72.1 Å². The molecule has 0 amide bonds. The maximum Gasteiger partial charge on any atom is 0.252 e. The van der Waals surface area contributed by atoms with Crippen molar-refractivity contribution in [3.8, 4) is 50.4 Å². The number of furan rings is 1. The predicted molar refractivity (Wildman–Crippen MR) is 482 cm³/mol. The van der Waals surface area contributed by atoms with Crippen LogP contribution in [-0.2, 0) is 21.7 Å². The molecule has 0 N–H and O–H groups in total. The van der Waals surface area contributed by atoms with Crippen LogP contribution in [0.1, 0.15) is 127 Å². The van der Waals surface area contributed by atoms with Crippen LogP contribution in [0, 0.1) is 0 Å². The van der Waals surface area contributed by atoms with Gasteiger partial charge in [-0.25, -0.2) is 0 Å². The van der Waals surface area contributed by atoms with Gasteiger partial charge in [-0.3, -0.25) is 0 Å². The first-order chi connectivity index (χ1) is 61.2. The molecular formula is C106H88BN5O. The second kappa shape index (κ2) is 24.8. The fourth-order valence-corrected chi connectivity index (χ4v) is 17.8. The molecule has 113 heavy (non-hydrogen) atoms. The van der Waals surface area contributed by atoms with Gasteiger partial charge in [-0.15, -0.1) is 0 Å². The molecule has 19 aromatic rings. The van der Waals surface area contributed by atoms with Gasteiger partial charge in [-0.1, -0.05) is 289 Å². The zero-order chi connectivity index (χ0) is 90.8. The van der Waals surface area contributed by atoms with Crippen LogP contribution in [0.15, 0.2) is 319 Å². The molecule has 15 aromatic carbocycles. The molecule has 6 heterocycles. The monoisotopic (exact) mass is 1470 g/mol. The van der Waals surface area contributed by atoms with Crippen molar-refractivity contribution >= 4 is 145 Å². The standard InChI is InChI=1S/C106H88BN5O/c1-103(2,3)69-47-45-65(46-48-69)68-57-97-99-98(58-68)112(100-81(66-29-15-13-16-30-66)61-72(106(10,11)12)62-82(100)67-31-17-14-18-32-67)96-64-74(109-89-41-25-21-35-77(89)78-36-22-26-42-90(78)109)52-54-86(96)107(99)85-53-51-73(108-87-39-23-19-33-75(87)76-34-20-24-40-88(76)108)63-95(85)111(97)94-44-28-38-80-79-37-27-43-93(101(79)113-102(80)94)110-91-55-49-70(104(4,5)6)59-83(91)84-60-71(105(7,8)9)50-56-92(84)110/h13-64H,1-12H3/i19D,20D,21D,22D,23D,24D,25D,26D,33D,34D,35D,36D,39D,40D,41D,42D. The number of anilines is 6. The average Bonchev–Trinajstić information content (AvgIpc) is 1.61. The van der Waals surface area contributed by atoms with Gasteiger partial charge >= 0.3 is 0 Å². The van der Waals surface area contributed by atoms with Crippen LogP contribution in [-0.4, -0.2) is 20.4 Å². The van der Waals surface area contributed by atoms with Crippen molar-refractivity contribution in [2.24, 2.45) is 0 Å². The summed E-state index contributed by atoms with van der Waals surface area (Å²) in [5, 5.41) is 3.48. The van der Waals surface area contributed by atoms with Crippen LogP contribution in [0.25, 0.3) is 138 Å². The van der Waals surface area contributed by atoms with E-state index in [0.29, 0.717) is 56.2 Å². The Kier molecular flexibility index (Phi) is 11.7. The number of hydrogen-bond donors (Lipinski definition) is 0. The summed E-state index contributed by atoms with van der Waals surface area (Å²) in [4.78, 5) is 4.54. The van der Waals surface area contributed by atoms with Crippen molar-refractivity contribution in [2.45, 2.75) is 105 Å². The molecule has 0 saturated heterocycles. The lowest BCUT2D eigenvalue weighted by Gasteiger charge is -2.45. The molecule has 7 heteroatoms. The summed E-state index contributed by atoms with van der Waals surface area (Å²) in [5.41, 5.74) is 18.8. The van der Waals surface area contributed by atoms with E-state index in [4.69, 9.17) is 9.90 Å². The lowest BCUT2D eigenvalue weighted by atomic mass is 9.33. The maximum absolute atomic E-state index is 9.93. The summed E-state index contributed by atoms with van der Waals surface area (Å²) in [6.07, 6.45) is 0. The molecule has 546 valence electrons. The van der Waals surface area contributed by atoms with Crippen molar-refractivity contribution in [3.63, 3.8) is 0 Å². The molecule has 0 saturated carbocycles. The van der Waals surface area contributed by atoms with Gasteiger partial charge in [0.25, 0.3) is 6.71 Å². The first kappa shape index (κ1) is 53.1. The van der Waals surface area contributed by atoms with Gasteiger partial charge in [0.1, 0.15) is 0 Å². The molecular weight excluding hydrogens is 1370 g/mol. The third-order valence-electron chi connectivity index (χ3n) is 23.5. The SMILES string of the molecule is [2H]c1c([2H])c([2H])c2c(c1[2H])c1c([2H])c([2H])c([2H])c([2H])c1n2-c1ccc2c(c1)N(c1c(-c3ccccc3)cc(C(C)(C)C)cc1-c1ccccc1)c1cc(-c3ccc(C(C)(C)C)cc3)cc3c1B2c1ccc(-n2c4c([2H])c([2H])c([2H])c([2H])c4c4c([2H])c([2H])c([2H])c([2H])c42)cc1N3c1cccc2c1oc1c(-n3c4ccc(C(C)(C)C)cc4c4cc(C(C)(C)C)ccc43)cccc12. The summed E-state index contributed by atoms with van der Waals surface area (Å²) in [7, 11) is 0. The van der Waals surface area contributed by atoms with Crippen molar-refractivity contribution in [2.75, 3.05) is 9.80 Å². The van der Waals surface area contributed by atoms with Crippen LogP contribution in [0.5, 0.6) is 0 Å².